The van der Waals surface area contributed by atoms with Crippen LogP contribution in [0.15, 0.2) is 0 Å². The molecule has 5 atom stereocenters. The third kappa shape index (κ3) is 5.22. The Kier molecular flexibility index (Phi) is 7.86. The van der Waals surface area contributed by atoms with Crippen molar-refractivity contribution in [2.24, 2.45) is 23.2 Å². The first-order valence-electron chi connectivity index (χ1n) is 11.8. The van der Waals surface area contributed by atoms with Gasteiger partial charge < -0.3 is 9.16 Å². The minimum Gasteiger partial charge on any atom is -0.466 e. The van der Waals surface area contributed by atoms with E-state index in [1.165, 1.54) is 32.1 Å². The standard InChI is InChI=1S/C24H46O3Si/c1-9-26-22(25)14-10-12-18(2)19-15-16-20-21(13-11-17-24(19,20)6)27-28(7,8)23(3,4)5/h18-21H,9-17H2,1-8H3/t18-,19-,20+,21+,24-/m1/s1. The maximum absolute atomic E-state index is 11.7. The van der Waals surface area contributed by atoms with Crippen LogP contribution in [0.1, 0.15) is 92.9 Å². The van der Waals surface area contributed by atoms with E-state index in [0.29, 0.717) is 36.4 Å². The van der Waals surface area contributed by atoms with E-state index in [-0.39, 0.29) is 11.0 Å². The van der Waals surface area contributed by atoms with Gasteiger partial charge in [-0.3, -0.25) is 4.79 Å². The molecule has 0 N–H and O–H groups in total. The molecule has 0 heterocycles. The van der Waals surface area contributed by atoms with E-state index in [9.17, 15) is 4.79 Å². The lowest BCUT2D eigenvalue weighted by molar-refractivity contribution is -0.143. The fourth-order valence-electron chi connectivity index (χ4n) is 5.79. The van der Waals surface area contributed by atoms with Crippen LogP contribution in [0.4, 0.5) is 0 Å². The lowest BCUT2D eigenvalue weighted by Crippen LogP contribution is -2.50. The van der Waals surface area contributed by atoms with Crippen molar-refractivity contribution in [1.29, 1.82) is 0 Å². The van der Waals surface area contributed by atoms with E-state index in [4.69, 9.17) is 9.16 Å². The molecule has 0 bridgehead atoms. The molecule has 3 nitrogen and oxygen atoms in total. The number of fused-ring (bicyclic) bond motifs is 1. The van der Waals surface area contributed by atoms with Crippen molar-refractivity contribution < 1.29 is 14.0 Å². The van der Waals surface area contributed by atoms with E-state index in [1.54, 1.807) is 0 Å². The number of carbonyl (C=O) groups excluding carboxylic acids is 1. The SMILES string of the molecule is CCOC(=O)CCC[C@@H](C)[C@H]1CC[C@H]2[C@@H](O[Si](C)(C)C(C)(C)C)CCC[C@]12C. The Labute approximate surface area is 175 Å². The van der Waals surface area contributed by atoms with Crippen LogP contribution in [-0.2, 0) is 14.0 Å². The zero-order valence-corrected chi connectivity index (χ0v) is 20.9. The second-order valence-electron chi connectivity index (χ2n) is 11.3. The van der Waals surface area contributed by atoms with Crippen LogP contribution in [0.25, 0.3) is 0 Å². The van der Waals surface area contributed by atoms with Crippen molar-refractivity contribution in [2.45, 2.75) is 117 Å². The van der Waals surface area contributed by atoms with Gasteiger partial charge in [-0.15, -0.1) is 0 Å². The first-order valence-corrected chi connectivity index (χ1v) is 14.7. The van der Waals surface area contributed by atoms with Gasteiger partial charge in [0.2, 0.25) is 0 Å². The summed E-state index contributed by atoms with van der Waals surface area (Å²) in [5.41, 5.74) is 0.411. The molecule has 28 heavy (non-hydrogen) atoms. The lowest BCUT2D eigenvalue weighted by atomic mass is 9.61. The predicted octanol–water partition coefficient (Wildman–Crippen LogP) is 6.96. The molecule has 2 fully saturated rings. The van der Waals surface area contributed by atoms with Gasteiger partial charge in [-0.1, -0.05) is 41.0 Å². The average molecular weight is 411 g/mol. The fraction of sp³-hybridized carbons (Fsp3) is 0.958. The lowest BCUT2D eigenvalue weighted by Gasteiger charge is -2.50. The maximum atomic E-state index is 11.7. The zero-order valence-electron chi connectivity index (χ0n) is 19.9. The first-order chi connectivity index (χ1) is 12.9. The molecule has 0 aromatic rings. The van der Waals surface area contributed by atoms with Crippen molar-refractivity contribution in [2.75, 3.05) is 6.61 Å². The number of hydrogen-bond donors (Lipinski definition) is 0. The Morgan fingerprint density at radius 2 is 1.89 bits per heavy atom. The molecule has 0 aliphatic heterocycles. The second kappa shape index (κ2) is 9.20. The molecule has 2 saturated carbocycles. The minimum absolute atomic E-state index is 0.0364. The van der Waals surface area contributed by atoms with Crippen LogP contribution in [0.5, 0.6) is 0 Å². The van der Waals surface area contributed by atoms with Crippen molar-refractivity contribution >= 4 is 14.3 Å². The van der Waals surface area contributed by atoms with Crippen molar-refractivity contribution in [1.82, 2.24) is 0 Å². The topological polar surface area (TPSA) is 35.5 Å². The summed E-state index contributed by atoms with van der Waals surface area (Å²) in [6, 6.07) is 0. The van der Waals surface area contributed by atoms with Crippen LogP contribution in [0.3, 0.4) is 0 Å². The molecule has 0 amide bonds. The van der Waals surface area contributed by atoms with E-state index < -0.39 is 8.32 Å². The normalized spacial score (nSPS) is 32.1. The number of esters is 1. The molecule has 2 rings (SSSR count). The summed E-state index contributed by atoms with van der Waals surface area (Å²) in [7, 11) is -1.73. The van der Waals surface area contributed by atoms with Crippen LogP contribution < -0.4 is 0 Å². The van der Waals surface area contributed by atoms with Gasteiger partial charge in [0.25, 0.3) is 0 Å². The van der Waals surface area contributed by atoms with Gasteiger partial charge in [0.05, 0.1) is 6.61 Å². The van der Waals surface area contributed by atoms with Gasteiger partial charge >= 0.3 is 5.97 Å². The van der Waals surface area contributed by atoms with Gasteiger partial charge in [0.1, 0.15) is 0 Å². The molecule has 0 aromatic heterocycles. The summed E-state index contributed by atoms with van der Waals surface area (Å²) < 4.78 is 12.1. The van der Waals surface area contributed by atoms with E-state index in [0.717, 1.165) is 18.8 Å². The Balaban J connectivity index is 1.99. The molecule has 0 aromatic carbocycles. The second-order valence-corrected chi connectivity index (χ2v) is 16.0. The molecule has 0 spiro atoms. The van der Waals surface area contributed by atoms with Gasteiger partial charge in [-0.05, 0) is 86.7 Å². The molecule has 164 valence electrons. The van der Waals surface area contributed by atoms with Gasteiger partial charge in [0.15, 0.2) is 8.32 Å². The smallest absolute Gasteiger partial charge is 0.305 e. The fourth-order valence-corrected chi connectivity index (χ4v) is 7.19. The summed E-state index contributed by atoms with van der Waals surface area (Å²) in [6.45, 7) is 19.2. The van der Waals surface area contributed by atoms with Crippen molar-refractivity contribution in [3.05, 3.63) is 0 Å². The minimum atomic E-state index is -1.73. The van der Waals surface area contributed by atoms with Crippen molar-refractivity contribution in [3.63, 3.8) is 0 Å². The Hall–Kier alpha value is -0.353. The highest BCUT2D eigenvalue weighted by Gasteiger charge is 2.54. The largest absolute Gasteiger partial charge is 0.466 e. The summed E-state index contributed by atoms with van der Waals surface area (Å²) >= 11 is 0. The molecular weight excluding hydrogens is 364 g/mol. The van der Waals surface area contributed by atoms with Crippen LogP contribution >= 0.6 is 0 Å². The summed E-state index contributed by atoms with van der Waals surface area (Å²) in [4.78, 5) is 11.7. The zero-order chi connectivity index (χ0) is 21.2. The molecule has 0 unspecified atom stereocenters. The Morgan fingerprint density at radius 1 is 1.21 bits per heavy atom. The number of hydrogen-bond acceptors (Lipinski definition) is 3. The molecule has 2 aliphatic rings. The quantitative estimate of drug-likeness (QED) is 0.320. The highest BCUT2D eigenvalue weighted by Crippen LogP contribution is 2.59. The maximum Gasteiger partial charge on any atom is 0.305 e. The first kappa shape index (κ1) is 23.9. The summed E-state index contributed by atoms with van der Waals surface area (Å²) in [5.74, 6) is 2.13. The number of carbonyl (C=O) groups is 1. The van der Waals surface area contributed by atoms with E-state index >= 15 is 0 Å². The Morgan fingerprint density at radius 3 is 2.50 bits per heavy atom. The van der Waals surface area contributed by atoms with E-state index in [2.05, 4.69) is 47.7 Å². The van der Waals surface area contributed by atoms with Gasteiger partial charge in [0, 0.05) is 12.5 Å². The highest BCUT2D eigenvalue weighted by molar-refractivity contribution is 6.74. The van der Waals surface area contributed by atoms with Gasteiger partial charge in [-0.2, -0.15) is 0 Å². The molecular formula is C24H46O3Si. The van der Waals surface area contributed by atoms with Gasteiger partial charge in [-0.25, -0.2) is 0 Å². The monoisotopic (exact) mass is 410 g/mol. The highest BCUT2D eigenvalue weighted by atomic mass is 28.4. The summed E-state index contributed by atoms with van der Waals surface area (Å²) in [5, 5.41) is 0.277. The average Bonchev–Trinajstić information content (AvgIpc) is 2.92. The Bertz CT molecular complexity index is 524. The number of ether oxygens (including phenoxy) is 1. The van der Waals surface area contributed by atoms with Crippen LogP contribution in [0, 0.1) is 23.2 Å². The van der Waals surface area contributed by atoms with E-state index in [1.807, 2.05) is 6.92 Å². The van der Waals surface area contributed by atoms with Crippen LogP contribution in [-0.4, -0.2) is 27.0 Å². The third-order valence-corrected chi connectivity index (χ3v) is 12.9. The van der Waals surface area contributed by atoms with Crippen LogP contribution in [0.2, 0.25) is 18.1 Å². The molecule has 0 saturated heterocycles. The number of rotatable bonds is 8. The van der Waals surface area contributed by atoms with Crippen molar-refractivity contribution in [3.8, 4) is 0 Å². The predicted molar refractivity (Wildman–Crippen MR) is 120 cm³/mol. The molecule has 4 heteroatoms. The molecule has 2 aliphatic carbocycles. The molecule has 0 radical (unpaired) electrons. The third-order valence-electron chi connectivity index (χ3n) is 8.42. The summed E-state index contributed by atoms with van der Waals surface area (Å²) in [6.07, 6.45) is 9.68.